The number of hydrogen-bond acceptors (Lipinski definition) is 4. The molecule has 2 aromatic rings. The standard InChI is InChI=1S/C22H25N3O4S/c1-16-14-18-6-3-4-9-21(18)25(16)30(28,29)20-8-5-7-19(15-20)22(27)24-12-10-23(11-13-24)17(2)26/h3-9,15-16H,10-14H2,1-2H3/t16-/m0/s1. The van der Waals surface area contributed by atoms with Crippen molar-refractivity contribution in [3.8, 4) is 0 Å². The van der Waals surface area contributed by atoms with Crippen molar-refractivity contribution in [1.82, 2.24) is 9.80 Å². The molecule has 158 valence electrons. The van der Waals surface area contributed by atoms with Gasteiger partial charge in [0.25, 0.3) is 15.9 Å². The minimum absolute atomic E-state index is 0.00444. The zero-order chi connectivity index (χ0) is 21.5. The Morgan fingerprint density at radius 3 is 2.30 bits per heavy atom. The van der Waals surface area contributed by atoms with Crippen LogP contribution in [0.25, 0.3) is 0 Å². The fourth-order valence-corrected chi connectivity index (χ4v) is 5.95. The summed E-state index contributed by atoms with van der Waals surface area (Å²) >= 11 is 0. The summed E-state index contributed by atoms with van der Waals surface area (Å²) in [5.74, 6) is -0.222. The first kappa shape index (κ1) is 20.4. The van der Waals surface area contributed by atoms with Gasteiger partial charge in [0.05, 0.1) is 10.6 Å². The summed E-state index contributed by atoms with van der Waals surface area (Å²) in [6.07, 6.45) is 0.661. The second kappa shape index (κ2) is 7.75. The van der Waals surface area contributed by atoms with Crippen molar-refractivity contribution in [2.75, 3.05) is 30.5 Å². The van der Waals surface area contributed by atoms with Gasteiger partial charge in [0, 0.05) is 44.7 Å². The molecule has 2 heterocycles. The summed E-state index contributed by atoms with van der Waals surface area (Å²) in [5.41, 5.74) is 2.04. The summed E-state index contributed by atoms with van der Waals surface area (Å²) < 4.78 is 28.3. The second-order valence-electron chi connectivity index (χ2n) is 7.81. The van der Waals surface area contributed by atoms with Crippen LogP contribution in [0.2, 0.25) is 0 Å². The minimum atomic E-state index is -3.80. The highest BCUT2D eigenvalue weighted by Gasteiger charge is 2.36. The van der Waals surface area contributed by atoms with E-state index in [-0.39, 0.29) is 22.8 Å². The van der Waals surface area contributed by atoms with Crippen molar-refractivity contribution < 1.29 is 18.0 Å². The Kier molecular flexibility index (Phi) is 5.27. The van der Waals surface area contributed by atoms with Gasteiger partial charge in [0.2, 0.25) is 5.91 Å². The predicted molar refractivity (Wildman–Crippen MR) is 114 cm³/mol. The first-order valence-corrected chi connectivity index (χ1v) is 11.5. The third-order valence-electron chi connectivity index (χ3n) is 5.79. The van der Waals surface area contributed by atoms with Gasteiger partial charge in [-0.05, 0) is 43.2 Å². The van der Waals surface area contributed by atoms with E-state index in [0.717, 1.165) is 5.56 Å². The van der Waals surface area contributed by atoms with Crippen LogP contribution in [-0.2, 0) is 21.2 Å². The van der Waals surface area contributed by atoms with Crippen LogP contribution >= 0.6 is 0 Å². The lowest BCUT2D eigenvalue weighted by molar-refractivity contribution is -0.130. The third kappa shape index (κ3) is 3.56. The molecule has 8 heteroatoms. The molecule has 0 unspecified atom stereocenters. The Bertz CT molecular complexity index is 1090. The minimum Gasteiger partial charge on any atom is -0.339 e. The number of anilines is 1. The molecule has 7 nitrogen and oxygen atoms in total. The van der Waals surface area contributed by atoms with E-state index >= 15 is 0 Å². The number of hydrogen-bond donors (Lipinski definition) is 0. The van der Waals surface area contributed by atoms with Gasteiger partial charge in [0.15, 0.2) is 0 Å². The number of rotatable bonds is 3. The lowest BCUT2D eigenvalue weighted by Gasteiger charge is -2.34. The van der Waals surface area contributed by atoms with Gasteiger partial charge in [-0.15, -0.1) is 0 Å². The average Bonchev–Trinajstić information content (AvgIpc) is 3.09. The summed E-state index contributed by atoms with van der Waals surface area (Å²) in [6.45, 7) is 5.25. The Morgan fingerprint density at radius 2 is 1.60 bits per heavy atom. The average molecular weight is 428 g/mol. The molecule has 0 aromatic heterocycles. The van der Waals surface area contributed by atoms with Crippen molar-refractivity contribution >= 4 is 27.5 Å². The zero-order valence-electron chi connectivity index (χ0n) is 17.1. The predicted octanol–water partition coefficient (Wildman–Crippen LogP) is 2.13. The van der Waals surface area contributed by atoms with E-state index in [1.54, 1.807) is 21.9 Å². The van der Waals surface area contributed by atoms with Gasteiger partial charge in [-0.3, -0.25) is 13.9 Å². The van der Waals surface area contributed by atoms with E-state index in [1.165, 1.54) is 23.4 Å². The number of para-hydroxylation sites is 1. The number of carbonyl (C=O) groups is 2. The highest BCUT2D eigenvalue weighted by molar-refractivity contribution is 7.92. The van der Waals surface area contributed by atoms with Crippen LogP contribution in [0, 0.1) is 0 Å². The van der Waals surface area contributed by atoms with Crippen molar-refractivity contribution in [2.24, 2.45) is 0 Å². The molecule has 30 heavy (non-hydrogen) atoms. The quantitative estimate of drug-likeness (QED) is 0.752. The molecular weight excluding hydrogens is 402 g/mol. The Hall–Kier alpha value is -2.87. The molecule has 4 rings (SSSR count). The maximum atomic E-state index is 13.4. The van der Waals surface area contributed by atoms with E-state index in [0.29, 0.717) is 43.9 Å². The first-order chi connectivity index (χ1) is 14.3. The van der Waals surface area contributed by atoms with Gasteiger partial charge in [0.1, 0.15) is 0 Å². The summed E-state index contributed by atoms with van der Waals surface area (Å²) in [7, 11) is -3.80. The van der Waals surface area contributed by atoms with Crippen LogP contribution in [0.5, 0.6) is 0 Å². The second-order valence-corrected chi connectivity index (χ2v) is 9.62. The van der Waals surface area contributed by atoms with E-state index in [2.05, 4.69) is 0 Å². The van der Waals surface area contributed by atoms with Crippen LogP contribution < -0.4 is 4.31 Å². The Labute approximate surface area is 176 Å². The van der Waals surface area contributed by atoms with Crippen molar-refractivity contribution in [2.45, 2.75) is 31.2 Å². The molecule has 2 amide bonds. The molecule has 2 aliphatic heterocycles. The summed E-state index contributed by atoms with van der Waals surface area (Å²) in [6, 6.07) is 13.6. The SMILES string of the molecule is CC(=O)N1CCN(C(=O)c2cccc(S(=O)(=O)N3c4ccccc4C[C@@H]3C)c2)CC1. The summed E-state index contributed by atoms with van der Waals surface area (Å²) in [4.78, 5) is 27.9. The van der Waals surface area contributed by atoms with E-state index in [1.807, 2.05) is 31.2 Å². The fraction of sp³-hybridized carbons (Fsp3) is 0.364. The molecular formula is C22H25N3O4S. The maximum absolute atomic E-state index is 13.4. The van der Waals surface area contributed by atoms with Crippen LogP contribution in [0.1, 0.15) is 29.8 Å². The van der Waals surface area contributed by atoms with Gasteiger partial charge < -0.3 is 9.80 Å². The number of sulfonamides is 1. The lowest BCUT2D eigenvalue weighted by Crippen LogP contribution is -2.50. The van der Waals surface area contributed by atoms with E-state index in [4.69, 9.17) is 0 Å². The maximum Gasteiger partial charge on any atom is 0.264 e. The summed E-state index contributed by atoms with van der Waals surface area (Å²) in [5, 5.41) is 0. The normalized spacial score (nSPS) is 19.0. The topological polar surface area (TPSA) is 78.0 Å². The third-order valence-corrected chi connectivity index (χ3v) is 7.72. The first-order valence-electron chi connectivity index (χ1n) is 10.1. The zero-order valence-corrected chi connectivity index (χ0v) is 17.9. The largest absolute Gasteiger partial charge is 0.339 e. The fourth-order valence-electron chi connectivity index (χ4n) is 4.21. The molecule has 0 N–H and O–H groups in total. The van der Waals surface area contributed by atoms with E-state index in [9.17, 15) is 18.0 Å². The van der Waals surface area contributed by atoms with Gasteiger partial charge in [-0.2, -0.15) is 0 Å². The van der Waals surface area contributed by atoms with Crippen LogP contribution in [-0.4, -0.2) is 62.3 Å². The molecule has 1 fully saturated rings. The van der Waals surface area contributed by atoms with Crippen LogP contribution in [0.15, 0.2) is 53.4 Å². The molecule has 2 aromatic carbocycles. The van der Waals surface area contributed by atoms with Gasteiger partial charge in [-0.25, -0.2) is 8.42 Å². The van der Waals surface area contributed by atoms with Crippen molar-refractivity contribution in [1.29, 1.82) is 0 Å². The molecule has 0 radical (unpaired) electrons. The molecule has 0 saturated carbocycles. The molecule has 1 saturated heterocycles. The van der Waals surface area contributed by atoms with Crippen LogP contribution in [0.3, 0.4) is 0 Å². The molecule has 0 spiro atoms. The van der Waals surface area contributed by atoms with Gasteiger partial charge >= 0.3 is 0 Å². The number of amides is 2. The van der Waals surface area contributed by atoms with Crippen molar-refractivity contribution in [3.05, 3.63) is 59.7 Å². The molecule has 2 aliphatic rings. The molecule has 1 atom stereocenters. The lowest BCUT2D eigenvalue weighted by atomic mass is 10.1. The van der Waals surface area contributed by atoms with Crippen molar-refractivity contribution in [3.63, 3.8) is 0 Å². The molecule has 0 bridgehead atoms. The number of benzene rings is 2. The van der Waals surface area contributed by atoms with E-state index < -0.39 is 10.0 Å². The highest BCUT2D eigenvalue weighted by Crippen LogP contribution is 2.36. The molecule has 0 aliphatic carbocycles. The Balaban J connectivity index is 1.59. The highest BCUT2D eigenvalue weighted by atomic mass is 32.2. The van der Waals surface area contributed by atoms with Crippen LogP contribution in [0.4, 0.5) is 5.69 Å². The number of piperazine rings is 1. The smallest absolute Gasteiger partial charge is 0.264 e. The number of fused-ring (bicyclic) bond motifs is 1. The Morgan fingerprint density at radius 1 is 0.933 bits per heavy atom. The monoisotopic (exact) mass is 427 g/mol. The number of nitrogens with zero attached hydrogens (tertiary/aromatic N) is 3. The van der Waals surface area contributed by atoms with Gasteiger partial charge in [-0.1, -0.05) is 24.3 Å². The number of carbonyl (C=O) groups excluding carboxylic acids is 2.